The first-order valence-electron chi connectivity index (χ1n) is 5.42. The summed E-state index contributed by atoms with van der Waals surface area (Å²) < 4.78 is 24.5. The van der Waals surface area contributed by atoms with Gasteiger partial charge in [0.05, 0.1) is 12.8 Å². The molecule has 0 aliphatic carbocycles. The van der Waals surface area contributed by atoms with Crippen molar-refractivity contribution < 1.29 is 23.1 Å². The van der Waals surface area contributed by atoms with Crippen molar-refractivity contribution in [1.82, 2.24) is 0 Å². The number of ether oxygens (including phenoxy) is 1. The number of ketones is 1. The van der Waals surface area contributed by atoms with Gasteiger partial charge in [0.1, 0.15) is 11.5 Å². The van der Waals surface area contributed by atoms with Crippen molar-refractivity contribution in [3.05, 3.63) is 23.3 Å². The van der Waals surface area contributed by atoms with E-state index < -0.39 is 22.6 Å². The minimum absolute atomic E-state index is 0.256. The Morgan fingerprint density at radius 3 is 2.53 bits per heavy atom. The maximum atomic E-state index is 11.8. The largest absolute Gasteiger partial charge is 0.495 e. The highest BCUT2D eigenvalue weighted by Gasteiger charge is 2.16. The monoisotopic (exact) mass is 285 g/mol. The second-order valence-electron chi connectivity index (χ2n) is 3.94. The third-order valence-electron chi connectivity index (χ3n) is 2.41. The minimum atomic E-state index is -2.19. The number of aryl methyl sites for hydroxylation is 1. The van der Waals surface area contributed by atoms with Gasteiger partial charge in [-0.3, -0.25) is 9.59 Å². The molecule has 0 bridgehead atoms. The van der Waals surface area contributed by atoms with Gasteiger partial charge in [-0.25, -0.2) is 4.21 Å². The van der Waals surface area contributed by atoms with Crippen LogP contribution in [0.1, 0.15) is 22.8 Å². The molecule has 7 heteroatoms. The lowest BCUT2D eigenvalue weighted by atomic mass is 10.0. The van der Waals surface area contributed by atoms with Gasteiger partial charge in [0.15, 0.2) is 16.9 Å². The summed E-state index contributed by atoms with van der Waals surface area (Å²) in [6, 6.07) is 3.05. The zero-order valence-electron chi connectivity index (χ0n) is 10.9. The van der Waals surface area contributed by atoms with Gasteiger partial charge in [0, 0.05) is 12.5 Å². The van der Waals surface area contributed by atoms with Crippen LogP contribution in [0.2, 0.25) is 0 Å². The number of methoxy groups -OCH3 is 1. The highest BCUT2D eigenvalue weighted by molar-refractivity contribution is 7.80. The average molecular weight is 285 g/mol. The molecule has 1 amide bonds. The van der Waals surface area contributed by atoms with E-state index in [1.54, 1.807) is 13.0 Å². The SMILES string of the molecule is COc1cc(C(=O)CS(=O)O)c(C)cc1NC(C)=O. The molecule has 1 aromatic carbocycles. The number of hydrogen-bond acceptors (Lipinski definition) is 4. The Hall–Kier alpha value is -1.73. The summed E-state index contributed by atoms with van der Waals surface area (Å²) in [6.45, 7) is 3.04. The molecule has 1 atom stereocenters. The minimum Gasteiger partial charge on any atom is -0.495 e. The van der Waals surface area contributed by atoms with Crippen LogP contribution in [0.3, 0.4) is 0 Å². The molecule has 104 valence electrons. The molecule has 0 aliphatic rings. The molecule has 0 saturated heterocycles. The maximum Gasteiger partial charge on any atom is 0.221 e. The summed E-state index contributed by atoms with van der Waals surface area (Å²) in [5.74, 6) is -0.851. The van der Waals surface area contributed by atoms with Crippen molar-refractivity contribution in [2.24, 2.45) is 0 Å². The molecule has 0 aromatic heterocycles. The molecule has 0 aliphatic heterocycles. The van der Waals surface area contributed by atoms with E-state index in [4.69, 9.17) is 9.29 Å². The number of rotatable bonds is 5. The maximum absolute atomic E-state index is 11.8. The van der Waals surface area contributed by atoms with Crippen LogP contribution in [0, 0.1) is 6.92 Å². The van der Waals surface area contributed by atoms with Crippen molar-refractivity contribution in [1.29, 1.82) is 0 Å². The Morgan fingerprint density at radius 2 is 2.05 bits per heavy atom. The Balaban J connectivity index is 3.19. The first kappa shape index (κ1) is 15.3. The van der Waals surface area contributed by atoms with Gasteiger partial charge < -0.3 is 14.6 Å². The predicted molar refractivity (Wildman–Crippen MR) is 72.0 cm³/mol. The van der Waals surface area contributed by atoms with Gasteiger partial charge >= 0.3 is 0 Å². The molecule has 2 N–H and O–H groups in total. The number of anilines is 1. The molecular weight excluding hydrogens is 270 g/mol. The third kappa shape index (κ3) is 4.15. The number of nitrogens with one attached hydrogen (secondary N) is 1. The van der Waals surface area contributed by atoms with Crippen molar-refractivity contribution in [3.8, 4) is 5.75 Å². The second kappa shape index (κ2) is 6.44. The Morgan fingerprint density at radius 1 is 1.42 bits per heavy atom. The van der Waals surface area contributed by atoms with Crippen LogP contribution in [0.15, 0.2) is 12.1 Å². The molecule has 0 fully saturated rings. The standard InChI is InChI=1S/C12H15NO5S/c1-7-4-10(13-8(2)14)12(18-3)5-9(7)11(15)6-19(16)17/h4-5H,6H2,1-3H3,(H,13,14)(H,16,17). The van der Waals surface area contributed by atoms with Crippen molar-refractivity contribution in [3.63, 3.8) is 0 Å². The highest BCUT2D eigenvalue weighted by Crippen LogP contribution is 2.28. The quantitative estimate of drug-likeness (QED) is 0.629. The molecule has 1 aromatic rings. The lowest BCUT2D eigenvalue weighted by molar-refractivity contribution is -0.114. The highest BCUT2D eigenvalue weighted by atomic mass is 32.2. The van der Waals surface area contributed by atoms with Crippen LogP contribution in [0.4, 0.5) is 5.69 Å². The van der Waals surface area contributed by atoms with Crippen molar-refractivity contribution in [2.45, 2.75) is 13.8 Å². The van der Waals surface area contributed by atoms with Gasteiger partial charge in [0.25, 0.3) is 0 Å². The fraction of sp³-hybridized carbons (Fsp3) is 0.333. The van der Waals surface area contributed by atoms with E-state index >= 15 is 0 Å². The van der Waals surface area contributed by atoms with E-state index in [0.29, 0.717) is 22.6 Å². The number of benzene rings is 1. The number of hydrogen-bond donors (Lipinski definition) is 2. The third-order valence-corrected chi connectivity index (χ3v) is 2.92. The Bertz CT molecular complexity index is 541. The van der Waals surface area contributed by atoms with Gasteiger partial charge in [-0.05, 0) is 24.6 Å². The van der Waals surface area contributed by atoms with E-state index in [-0.39, 0.29) is 5.91 Å². The summed E-state index contributed by atoms with van der Waals surface area (Å²) in [5.41, 5.74) is 1.35. The fourth-order valence-corrected chi connectivity index (χ4v) is 2.01. The van der Waals surface area contributed by atoms with Crippen LogP contribution in [-0.2, 0) is 15.9 Å². The molecule has 0 heterocycles. The normalized spacial score (nSPS) is 11.8. The lowest BCUT2D eigenvalue weighted by Gasteiger charge is -2.13. The van der Waals surface area contributed by atoms with E-state index in [0.717, 1.165) is 0 Å². The number of carbonyl (C=O) groups excluding carboxylic acids is 2. The zero-order valence-corrected chi connectivity index (χ0v) is 11.7. The molecule has 1 rings (SSSR count). The van der Waals surface area contributed by atoms with Crippen LogP contribution >= 0.6 is 0 Å². The molecule has 0 spiro atoms. The van der Waals surface area contributed by atoms with E-state index in [9.17, 15) is 13.8 Å². The van der Waals surface area contributed by atoms with E-state index in [2.05, 4.69) is 5.32 Å². The molecule has 1 unspecified atom stereocenters. The average Bonchev–Trinajstić information content (AvgIpc) is 2.27. The molecule has 0 saturated carbocycles. The van der Waals surface area contributed by atoms with Gasteiger partial charge in [-0.1, -0.05) is 0 Å². The van der Waals surface area contributed by atoms with Gasteiger partial charge in [-0.2, -0.15) is 0 Å². The van der Waals surface area contributed by atoms with Gasteiger partial charge in [0.2, 0.25) is 5.91 Å². The summed E-state index contributed by atoms with van der Waals surface area (Å²) in [5, 5.41) is 2.59. The van der Waals surface area contributed by atoms with E-state index in [1.165, 1.54) is 20.1 Å². The van der Waals surface area contributed by atoms with E-state index in [1.807, 2.05) is 0 Å². The summed E-state index contributed by atoms with van der Waals surface area (Å²) in [4.78, 5) is 22.8. The topological polar surface area (TPSA) is 92.7 Å². The number of Topliss-reactive ketones (excluding diaryl/α,β-unsaturated/α-hetero) is 1. The molecule has 0 radical (unpaired) electrons. The summed E-state index contributed by atoms with van der Waals surface area (Å²) >= 11 is -2.19. The number of amides is 1. The Labute approximate surface area is 113 Å². The summed E-state index contributed by atoms with van der Waals surface area (Å²) in [7, 11) is 1.41. The van der Waals surface area contributed by atoms with Crippen LogP contribution in [-0.4, -0.2) is 33.3 Å². The molecule has 19 heavy (non-hydrogen) atoms. The molecular formula is C12H15NO5S. The first-order valence-corrected chi connectivity index (χ1v) is 6.69. The van der Waals surface area contributed by atoms with Crippen LogP contribution < -0.4 is 10.1 Å². The smallest absolute Gasteiger partial charge is 0.221 e. The number of carbonyl (C=O) groups is 2. The van der Waals surface area contributed by atoms with Crippen molar-refractivity contribution in [2.75, 3.05) is 18.2 Å². The van der Waals surface area contributed by atoms with Crippen LogP contribution in [0.5, 0.6) is 5.75 Å². The Kier molecular flexibility index (Phi) is 5.20. The summed E-state index contributed by atoms with van der Waals surface area (Å²) in [6.07, 6.45) is 0. The fourth-order valence-electron chi connectivity index (χ4n) is 1.63. The molecule has 6 nitrogen and oxygen atoms in total. The van der Waals surface area contributed by atoms with Gasteiger partial charge in [-0.15, -0.1) is 0 Å². The first-order chi connectivity index (χ1) is 8.85. The van der Waals surface area contributed by atoms with Crippen molar-refractivity contribution >= 4 is 28.5 Å². The lowest BCUT2D eigenvalue weighted by Crippen LogP contribution is -2.13. The second-order valence-corrected chi connectivity index (χ2v) is 4.87. The van der Waals surface area contributed by atoms with Crippen LogP contribution in [0.25, 0.3) is 0 Å². The zero-order chi connectivity index (χ0) is 14.6. The predicted octanol–water partition coefficient (Wildman–Crippen LogP) is 1.37.